The maximum atomic E-state index is 13.0. The third-order valence-electron chi connectivity index (χ3n) is 6.49. The smallest absolute Gasteiger partial charge is 0.263 e. The van der Waals surface area contributed by atoms with Gasteiger partial charge in [0.05, 0.1) is 22.9 Å². The van der Waals surface area contributed by atoms with E-state index in [1.54, 1.807) is 20.0 Å². The predicted molar refractivity (Wildman–Crippen MR) is 140 cm³/mol. The standard InChI is InChI=1S/C29H28N4O3/c1-20(34)22-7-11-24(12-8-22)32-15-17-33(18-16-32)29(35)21(2)36-25-13-9-23(10-14-25)28-19-30-26-5-3-4-6-27(26)31-28/h3-14,19,21H,15-18H2,1-2H3. The molecule has 0 saturated carbocycles. The first-order chi connectivity index (χ1) is 17.5. The summed E-state index contributed by atoms with van der Waals surface area (Å²) in [6.07, 6.45) is 1.18. The fourth-order valence-corrected chi connectivity index (χ4v) is 4.40. The number of hydrogen-bond donors (Lipinski definition) is 0. The molecule has 1 aromatic heterocycles. The number of anilines is 1. The number of fused-ring (bicyclic) bond motifs is 1. The van der Waals surface area contributed by atoms with E-state index in [-0.39, 0.29) is 11.7 Å². The summed E-state index contributed by atoms with van der Waals surface area (Å²) in [6.45, 7) is 6.08. The van der Waals surface area contributed by atoms with Gasteiger partial charge >= 0.3 is 0 Å². The second-order valence-electron chi connectivity index (χ2n) is 8.94. The highest BCUT2D eigenvalue weighted by molar-refractivity contribution is 5.94. The first-order valence-electron chi connectivity index (χ1n) is 12.1. The first kappa shape index (κ1) is 23.5. The van der Waals surface area contributed by atoms with Crippen LogP contribution < -0.4 is 9.64 Å². The number of carbonyl (C=O) groups is 2. The summed E-state index contributed by atoms with van der Waals surface area (Å²) in [5.41, 5.74) is 5.21. The van der Waals surface area contributed by atoms with Crippen molar-refractivity contribution in [3.63, 3.8) is 0 Å². The molecule has 2 heterocycles. The minimum Gasteiger partial charge on any atom is -0.481 e. The van der Waals surface area contributed by atoms with Crippen LogP contribution in [0.5, 0.6) is 5.75 Å². The Kier molecular flexibility index (Phi) is 6.62. The molecule has 1 atom stereocenters. The molecule has 5 rings (SSSR count). The molecule has 1 unspecified atom stereocenters. The molecule has 36 heavy (non-hydrogen) atoms. The molecule has 0 bridgehead atoms. The summed E-state index contributed by atoms with van der Waals surface area (Å²) in [6, 6.07) is 23.0. The van der Waals surface area contributed by atoms with Gasteiger partial charge in [0.1, 0.15) is 5.75 Å². The van der Waals surface area contributed by atoms with Crippen molar-refractivity contribution in [2.24, 2.45) is 0 Å². The number of aromatic nitrogens is 2. The molecule has 3 aromatic carbocycles. The van der Waals surface area contributed by atoms with Crippen LogP contribution in [0.15, 0.2) is 79.0 Å². The lowest BCUT2D eigenvalue weighted by Gasteiger charge is -2.37. The minimum absolute atomic E-state index is 0.0222. The Morgan fingerprint density at radius 2 is 1.53 bits per heavy atom. The van der Waals surface area contributed by atoms with Crippen LogP contribution in [0, 0.1) is 0 Å². The second kappa shape index (κ2) is 10.2. The predicted octanol–water partition coefficient (Wildman–Crippen LogP) is 4.62. The van der Waals surface area contributed by atoms with Gasteiger partial charge in [-0.2, -0.15) is 0 Å². The van der Waals surface area contributed by atoms with Crippen LogP contribution in [0.25, 0.3) is 22.3 Å². The summed E-state index contributed by atoms with van der Waals surface area (Å²) >= 11 is 0. The number of rotatable bonds is 6. The summed E-state index contributed by atoms with van der Waals surface area (Å²) in [5.74, 6) is 0.673. The van der Waals surface area contributed by atoms with Crippen molar-refractivity contribution < 1.29 is 14.3 Å². The minimum atomic E-state index is -0.585. The van der Waals surface area contributed by atoms with E-state index in [2.05, 4.69) is 14.9 Å². The Morgan fingerprint density at radius 3 is 2.19 bits per heavy atom. The van der Waals surface area contributed by atoms with Gasteiger partial charge in [-0.25, -0.2) is 4.98 Å². The van der Waals surface area contributed by atoms with Crippen LogP contribution in [-0.4, -0.2) is 58.8 Å². The normalized spacial score (nSPS) is 14.5. The SMILES string of the molecule is CC(=O)c1ccc(N2CCN(C(=O)C(C)Oc3ccc(-c4cnc5ccccc5n4)cc3)CC2)cc1. The maximum absolute atomic E-state index is 13.0. The topological polar surface area (TPSA) is 75.6 Å². The first-order valence-corrected chi connectivity index (χ1v) is 12.1. The van der Waals surface area contributed by atoms with Crippen molar-refractivity contribution in [2.75, 3.05) is 31.1 Å². The van der Waals surface area contributed by atoms with Crippen LogP contribution in [0.1, 0.15) is 24.2 Å². The Labute approximate surface area is 210 Å². The lowest BCUT2D eigenvalue weighted by Crippen LogP contribution is -2.52. The van der Waals surface area contributed by atoms with Crippen molar-refractivity contribution >= 4 is 28.4 Å². The van der Waals surface area contributed by atoms with E-state index in [9.17, 15) is 9.59 Å². The number of ether oxygens (including phenoxy) is 1. The average Bonchev–Trinajstić information content (AvgIpc) is 2.93. The Balaban J connectivity index is 1.16. The van der Waals surface area contributed by atoms with Gasteiger partial charge in [0.15, 0.2) is 11.9 Å². The molecule has 7 heteroatoms. The van der Waals surface area contributed by atoms with Crippen LogP contribution in [0.2, 0.25) is 0 Å². The van der Waals surface area contributed by atoms with Crippen molar-refractivity contribution in [3.8, 4) is 17.0 Å². The average molecular weight is 481 g/mol. The van der Waals surface area contributed by atoms with Gasteiger partial charge in [0, 0.05) is 43.0 Å². The lowest BCUT2D eigenvalue weighted by atomic mass is 10.1. The van der Waals surface area contributed by atoms with E-state index in [0.717, 1.165) is 41.1 Å². The highest BCUT2D eigenvalue weighted by atomic mass is 16.5. The highest BCUT2D eigenvalue weighted by Gasteiger charge is 2.26. The number of nitrogens with zero attached hydrogens (tertiary/aromatic N) is 4. The molecule has 0 aliphatic carbocycles. The zero-order chi connectivity index (χ0) is 25.1. The number of amides is 1. The molecular formula is C29H28N4O3. The van der Waals surface area contributed by atoms with E-state index in [0.29, 0.717) is 24.4 Å². The molecule has 7 nitrogen and oxygen atoms in total. The van der Waals surface area contributed by atoms with Crippen LogP contribution in [0.4, 0.5) is 5.69 Å². The summed E-state index contributed by atoms with van der Waals surface area (Å²) in [7, 11) is 0. The number of para-hydroxylation sites is 2. The molecule has 0 spiro atoms. The van der Waals surface area contributed by atoms with Crippen molar-refractivity contribution in [2.45, 2.75) is 20.0 Å². The van der Waals surface area contributed by atoms with Gasteiger partial charge in [-0.3, -0.25) is 14.6 Å². The molecule has 1 amide bonds. The number of hydrogen-bond acceptors (Lipinski definition) is 6. The monoisotopic (exact) mass is 480 g/mol. The quantitative estimate of drug-likeness (QED) is 0.375. The Bertz CT molecular complexity index is 1380. The van der Waals surface area contributed by atoms with E-state index < -0.39 is 6.10 Å². The van der Waals surface area contributed by atoms with Gasteiger partial charge in [-0.1, -0.05) is 12.1 Å². The van der Waals surface area contributed by atoms with Gasteiger partial charge in [-0.15, -0.1) is 0 Å². The molecular weight excluding hydrogens is 452 g/mol. The van der Waals surface area contributed by atoms with Gasteiger partial charge in [0.2, 0.25) is 0 Å². The summed E-state index contributed by atoms with van der Waals surface area (Å²) in [4.78, 5) is 37.7. The number of Topliss-reactive ketones (excluding diaryl/α,β-unsaturated/α-hetero) is 1. The Morgan fingerprint density at radius 1 is 0.861 bits per heavy atom. The van der Waals surface area contributed by atoms with Crippen LogP contribution in [-0.2, 0) is 4.79 Å². The van der Waals surface area contributed by atoms with Gasteiger partial charge in [-0.05, 0) is 74.5 Å². The van der Waals surface area contributed by atoms with Crippen molar-refractivity contribution in [3.05, 3.63) is 84.6 Å². The van der Waals surface area contributed by atoms with E-state index in [4.69, 9.17) is 4.74 Å². The van der Waals surface area contributed by atoms with E-state index in [1.807, 2.05) is 77.7 Å². The molecule has 0 N–H and O–H groups in total. The molecule has 0 radical (unpaired) electrons. The fourth-order valence-electron chi connectivity index (χ4n) is 4.40. The van der Waals surface area contributed by atoms with Crippen molar-refractivity contribution in [1.29, 1.82) is 0 Å². The molecule has 1 aliphatic heterocycles. The Hall–Kier alpha value is -4.26. The maximum Gasteiger partial charge on any atom is 0.263 e. The lowest BCUT2D eigenvalue weighted by molar-refractivity contribution is -0.138. The number of carbonyl (C=O) groups excluding carboxylic acids is 2. The number of benzene rings is 3. The summed E-state index contributed by atoms with van der Waals surface area (Å²) in [5, 5.41) is 0. The molecule has 1 saturated heterocycles. The van der Waals surface area contributed by atoms with Gasteiger partial charge in [0.25, 0.3) is 5.91 Å². The van der Waals surface area contributed by atoms with Crippen LogP contribution in [0.3, 0.4) is 0 Å². The van der Waals surface area contributed by atoms with Gasteiger partial charge < -0.3 is 14.5 Å². The molecule has 1 aliphatic rings. The fraction of sp³-hybridized carbons (Fsp3) is 0.241. The zero-order valence-corrected chi connectivity index (χ0v) is 20.4. The largest absolute Gasteiger partial charge is 0.481 e. The molecule has 182 valence electrons. The third kappa shape index (κ3) is 5.05. The number of piperazine rings is 1. The van der Waals surface area contributed by atoms with E-state index in [1.165, 1.54) is 0 Å². The number of ketones is 1. The van der Waals surface area contributed by atoms with Crippen molar-refractivity contribution in [1.82, 2.24) is 14.9 Å². The second-order valence-corrected chi connectivity index (χ2v) is 8.94. The summed E-state index contributed by atoms with van der Waals surface area (Å²) < 4.78 is 5.96. The third-order valence-corrected chi connectivity index (χ3v) is 6.49. The molecule has 1 fully saturated rings. The van der Waals surface area contributed by atoms with Crippen LogP contribution >= 0.6 is 0 Å². The molecule has 4 aromatic rings. The zero-order valence-electron chi connectivity index (χ0n) is 20.4. The highest BCUT2D eigenvalue weighted by Crippen LogP contribution is 2.23. The van der Waals surface area contributed by atoms with E-state index >= 15 is 0 Å².